The van der Waals surface area contributed by atoms with Crippen LogP contribution in [0.25, 0.3) is 0 Å². The van der Waals surface area contributed by atoms with E-state index in [1.807, 2.05) is 6.08 Å². The second-order valence-corrected chi connectivity index (χ2v) is 2.38. The fraction of sp³-hybridized carbons (Fsp3) is 0.500. The zero-order valence-electron chi connectivity index (χ0n) is 5.92. The maximum Gasteiger partial charge on any atom is 0.0792 e. The number of methoxy groups -OCH3 is 1. The van der Waals surface area contributed by atoms with Gasteiger partial charge in [0.25, 0.3) is 0 Å². The van der Waals surface area contributed by atoms with E-state index in [4.69, 9.17) is 4.74 Å². The van der Waals surface area contributed by atoms with Gasteiger partial charge in [0.2, 0.25) is 0 Å². The van der Waals surface area contributed by atoms with Crippen LogP contribution in [0, 0.1) is 0 Å². The van der Waals surface area contributed by atoms with Crippen molar-refractivity contribution in [2.24, 2.45) is 0 Å². The van der Waals surface area contributed by atoms with E-state index >= 15 is 0 Å². The Morgan fingerprint density at radius 2 is 2.44 bits per heavy atom. The number of hydrogen-bond donors (Lipinski definition) is 0. The van der Waals surface area contributed by atoms with Crippen molar-refractivity contribution in [1.82, 2.24) is 0 Å². The summed E-state index contributed by atoms with van der Waals surface area (Å²) in [7, 11) is 1.74. The van der Waals surface area contributed by atoms with Crippen molar-refractivity contribution in [3.05, 3.63) is 23.8 Å². The van der Waals surface area contributed by atoms with Crippen LogP contribution in [0.15, 0.2) is 23.8 Å². The van der Waals surface area contributed by atoms with Crippen LogP contribution < -0.4 is 0 Å². The fourth-order valence-corrected chi connectivity index (χ4v) is 0.959. The summed E-state index contributed by atoms with van der Waals surface area (Å²) in [6.45, 7) is 2.12. The molecule has 0 spiro atoms. The van der Waals surface area contributed by atoms with E-state index in [1.54, 1.807) is 7.11 Å². The molecule has 0 amide bonds. The van der Waals surface area contributed by atoms with Gasteiger partial charge in [0.1, 0.15) is 0 Å². The molecule has 0 aromatic rings. The molecular weight excluding hydrogens is 112 g/mol. The first-order valence-electron chi connectivity index (χ1n) is 3.19. The average molecular weight is 124 g/mol. The lowest BCUT2D eigenvalue weighted by molar-refractivity contribution is 0.140. The number of rotatable bonds is 1. The van der Waals surface area contributed by atoms with Crippen LogP contribution in [0.3, 0.4) is 0 Å². The Hall–Kier alpha value is -0.560. The Labute approximate surface area is 56.0 Å². The van der Waals surface area contributed by atoms with Crippen molar-refractivity contribution in [3.63, 3.8) is 0 Å². The number of hydrogen-bond acceptors (Lipinski definition) is 1. The molecule has 0 aromatic carbocycles. The molecule has 50 valence electrons. The molecule has 1 aliphatic rings. The van der Waals surface area contributed by atoms with Gasteiger partial charge in [0.15, 0.2) is 0 Å². The van der Waals surface area contributed by atoms with Crippen molar-refractivity contribution < 1.29 is 4.74 Å². The van der Waals surface area contributed by atoms with Crippen LogP contribution in [-0.2, 0) is 4.74 Å². The lowest BCUT2D eigenvalue weighted by atomic mass is 10.0. The molecule has 0 saturated heterocycles. The molecule has 9 heavy (non-hydrogen) atoms. The van der Waals surface area contributed by atoms with Gasteiger partial charge < -0.3 is 4.74 Å². The number of ether oxygens (including phenoxy) is 1. The molecular formula is C8H12O. The molecule has 1 rings (SSSR count). The fourth-order valence-electron chi connectivity index (χ4n) is 0.959. The Morgan fingerprint density at radius 3 is 2.89 bits per heavy atom. The predicted molar refractivity (Wildman–Crippen MR) is 38.3 cm³/mol. The second-order valence-electron chi connectivity index (χ2n) is 2.38. The van der Waals surface area contributed by atoms with Crippen LogP contribution in [-0.4, -0.2) is 13.2 Å². The third-order valence-electron chi connectivity index (χ3n) is 1.53. The summed E-state index contributed by atoms with van der Waals surface area (Å²) in [6, 6.07) is 0. The van der Waals surface area contributed by atoms with E-state index in [0.29, 0.717) is 6.10 Å². The van der Waals surface area contributed by atoms with Crippen molar-refractivity contribution in [1.29, 1.82) is 0 Å². The van der Waals surface area contributed by atoms with Gasteiger partial charge in [-0.05, 0) is 13.3 Å². The van der Waals surface area contributed by atoms with Gasteiger partial charge >= 0.3 is 0 Å². The van der Waals surface area contributed by atoms with Gasteiger partial charge in [-0.3, -0.25) is 0 Å². The van der Waals surface area contributed by atoms with E-state index in [-0.39, 0.29) is 0 Å². The lowest BCUT2D eigenvalue weighted by Gasteiger charge is -2.13. The summed E-state index contributed by atoms with van der Waals surface area (Å²) in [5, 5.41) is 0. The van der Waals surface area contributed by atoms with E-state index in [1.165, 1.54) is 5.57 Å². The molecule has 0 radical (unpaired) electrons. The minimum absolute atomic E-state index is 0.315. The smallest absolute Gasteiger partial charge is 0.0792 e. The van der Waals surface area contributed by atoms with Crippen LogP contribution in [0.5, 0.6) is 0 Å². The first-order chi connectivity index (χ1) is 4.33. The molecule has 1 atom stereocenters. The Balaban J connectivity index is 2.51. The second kappa shape index (κ2) is 2.83. The molecule has 0 bridgehead atoms. The van der Waals surface area contributed by atoms with Crippen molar-refractivity contribution >= 4 is 0 Å². The maximum atomic E-state index is 5.13. The SMILES string of the molecule is COC1C=CC=C(C)C1. The highest BCUT2D eigenvalue weighted by atomic mass is 16.5. The molecule has 0 aliphatic heterocycles. The van der Waals surface area contributed by atoms with E-state index in [2.05, 4.69) is 19.1 Å². The first-order valence-corrected chi connectivity index (χ1v) is 3.19. The summed E-state index contributed by atoms with van der Waals surface area (Å²) in [5.41, 5.74) is 1.39. The summed E-state index contributed by atoms with van der Waals surface area (Å²) in [5.74, 6) is 0. The Morgan fingerprint density at radius 1 is 1.67 bits per heavy atom. The largest absolute Gasteiger partial charge is 0.377 e. The topological polar surface area (TPSA) is 9.23 Å². The van der Waals surface area contributed by atoms with Gasteiger partial charge in [-0.15, -0.1) is 0 Å². The van der Waals surface area contributed by atoms with Gasteiger partial charge in [-0.2, -0.15) is 0 Å². The Kier molecular flexibility index (Phi) is 2.06. The number of allylic oxidation sites excluding steroid dienone is 2. The van der Waals surface area contributed by atoms with E-state index in [9.17, 15) is 0 Å². The third-order valence-corrected chi connectivity index (χ3v) is 1.53. The van der Waals surface area contributed by atoms with Gasteiger partial charge in [-0.25, -0.2) is 0 Å². The van der Waals surface area contributed by atoms with Gasteiger partial charge in [-0.1, -0.05) is 23.8 Å². The highest BCUT2D eigenvalue weighted by Crippen LogP contribution is 2.13. The highest BCUT2D eigenvalue weighted by molar-refractivity contribution is 5.18. The van der Waals surface area contributed by atoms with Gasteiger partial charge in [0.05, 0.1) is 6.10 Å². The average Bonchev–Trinajstić information content (AvgIpc) is 1.88. The zero-order chi connectivity index (χ0) is 6.69. The molecule has 0 aromatic heterocycles. The summed E-state index contributed by atoms with van der Waals surface area (Å²) >= 11 is 0. The summed E-state index contributed by atoms with van der Waals surface area (Å²) in [6.07, 6.45) is 7.61. The quantitative estimate of drug-likeness (QED) is 0.518. The van der Waals surface area contributed by atoms with Crippen LogP contribution in [0.4, 0.5) is 0 Å². The monoisotopic (exact) mass is 124 g/mol. The summed E-state index contributed by atoms with van der Waals surface area (Å²) < 4.78 is 5.13. The highest BCUT2D eigenvalue weighted by Gasteiger charge is 2.05. The molecule has 0 heterocycles. The normalized spacial score (nSPS) is 26.0. The predicted octanol–water partition coefficient (Wildman–Crippen LogP) is 1.91. The van der Waals surface area contributed by atoms with Crippen molar-refractivity contribution in [2.75, 3.05) is 7.11 Å². The third kappa shape index (κ3) is 1.68. The zero-order valence-corrected chi connectivity index (χ0v) is 5.92. The molecule has 0 N–H and O–H groups in total. The molecule has 1 heteroatoms. The van der Waals surface area contributed by atoms with E-state index < -0.39 is 0 Å². The standard InChI is InChI=1S/C8H12O/c1-7-4-3-5-8(6-7)9-2/h3-5,8H,6H2,1-2H3. The van der Waals surface area contributed by atoms with E-state index in [0.717, 1.165) is 6.42 Å². The minimum atomic E-state index is 0.315. The molecule has 1 aliphatic carbocycles. The molecule has 1 nitrogen and oxygen atoms in total. The summed E-state index contributed by atoms with van der Waals surface area (Å²) in [4.78, 5) is 0. The molecule has 0 saturated carbocycles. The molecule has 1 unspecified atom stereocenters. The first kappa shape index (κ1) is 6.56. The Bertz CT molecular complexity index is 145. The minimum Gasteiger partial charge on any atom is -0.377 e. The van der Waals surface area contributed by atoms with Crippen LogP contribution >= 0.6 is 0 Å². The maximum absolute atomic E-state index is 5.13. The van der Waals surface area contributed by atoms with Crippen LogP contribution in [0.1, 0.15) is 13.3 Å². The lowest BCUT2D eigenvalue weighted by Crippen LogP contribution is -2.08. The van der Waals surface area contributed by atoms with Crippen LogP contribution in [0.2, 0.25) is 0 Å². The molecule has 0 fully saturated rings. The van der Waals surface area contributed by atoms with Gasteiger partial charge in [0, 0.05) is 7.11 Å². The van der Waals surface area contributed by atoms with Crippen molar-refractivity contribution in [2.45, 2.75) is 19.4 Å². The van der Waals surface area contributed by atoms with Crippen molar-refractivity contribution in [3.8, 4) is 0 Å².